The van der Waals surface area contributed by atoms with Gasteiger partial charge >= 0.3 is 0 Å². The summed E-state index contributed by atoms with van der Waals surface area (Å²) in [5, 5.41) is 0. The van der Waals surface area contributed by atoms with E-state index in [0.29, 0.717) is 6.61 Å². The lowest BCUT2D eigenvalue weighted by atomic mass is 10.4. The minimum atomic E-state index is -1.66. The SMILES string of the molecule is CCCCO[PH](=O)CCC.[AlH3]. The van der Waals surface area contributed by atoms with Gasteiger partial charge in [-0.2, -0.15) is 0 Å². The minimum absolute atomic E-state index is 0. The van der Waals surface area contributed by atoms with Crippen molar-refractivity contribution in [3.8, 4) is 0 Å². The van der Waals surface area contributed by atoms with Crippen molar-refractivity contribution in [3.05, 3.63) is 0 Å². The lowest BCUT2D eigenvalue weighted by Crippen LogP contribution is -1.86. The van der Waals surface area contributed by atoms with Crippen molar-refractivity contribution < 1.29 is 9.09 Å². The largest absolute Gasteiger partial charge is 0.330 e. The first kappa shape index (κ1) is 14.3. The molecule has 0 aromatic rings. The average molecular weight is 194 g/mol. The van der Waals surface area contributed by atoms with Gasteiger partial charge in [0.05, 0.1) is 6.61 Å². The van der Waals surface area contributed by atoms with E-state index < -0.39 is 8.03 Å². The zero-order valence-corrected chi connectivity index (χ0v) is 7.85. The van der Waals surface area contributed by atoms with E-state index in [9.17, 15) is 4.57 Å². The topological polar surface area (TPSA) is 26.3 Å². The molecule has 0 aromatic carbocycles. The van der Waals surface area contributed by atoms with Gasteiger partial charge in [-0.3, -0.25) is 4.57 Å². The van der Waals surface area contributed by atoms with Gasteiger partial charge in [-0.25, -0.2) is 0 Å². The van der Waals surface area contributed by atoms with E-state index in [4.69, 9.17) is 4.52 Å². The molecule has 0 bridgehead atoms. The number of rotatable bonds is 6. The molecule has 0 saturated carbocycles. The van der Waals surface area contributed by atoms with Crippen LogP contribution in [0.5, 0.6) is 0 Å². The first-order valence-corrected chi connectivity index (χ1v) is 5.49. The minimum Gasteiger partial charge on any atom is -0.330 e. The van der Waals surface area contributed by atoms with E-state index in [-0.39, 0.29) is 17.4 Å². The zero-order chi connectivity index (χ0) is 7.82. The van der Waals surface area contributed by atoms with Crippen LogP contribution >= 0.6 is 8.03 Å². The molecule has 68 valence electrons. The summed E-state index contributed by atoms with van der Waals surface area (Å²) in [6.07, 6.45) is 3.85. The molecule has 0 rings (SSSR count). The summed E-state index contributed by atoms with van der Waals surface area (Å²) in [5.41, 5.74) is 0. The Balaban J connectivity index is 0. The Hall–Kier alpha value is 0.722. The van der Waals surface area contributed by atoms with E-state index >= 15 is 0 Å². The Labute approximate surface area is 80.7 Å². The Morgan fingerprint density at radius 2 is 1.91 bits per heavy atom. The van der Waals surface area contributed by atoms with Crippen molar-refractivity contribution in [2.45, 2.75) is 33.1 Å². The summed E-state index contributed by atoms with van der Waals surface area (Å²) in [5.74, 6) is 0. The van der Waals surface area contributed by atoms with Crippen molar-refractivity contribution >= 4 is 25.4 Å². The normalized spacial score (nSPS) is 12.2. The molecule has 1 atom stereocenters. The van der Waals surface area contributed by atoms with Gasteiger partial charge in [-0.05, 0) is 12.8 Å². The van der Waals surface area contributed by atoms with Crippen LogP contribution in [0.15, 0.2) is 0 Å². The zero-order valence-electron chi connectivity index (χ0n) is 6.85. The van der Waals surface area contributed by atoms with Crippen LogP contribution in [0.4, 0.5) is 0 Å². The van der Waals surface area contributed by atoms with Crippen molar-refractivity contribution in [2.24, 2.45) is 0 Å². The summed E-state index contributed by atoms with van der Waals surface area (Å²) in [4.78, 5) is 0. The third-order valence-electron chi connectivity index (χ3n) is 1.22. The molecule has 0 amide bonds. The molecule has 0 heterocycles. The maximum Gasteiger partial charge on any atom is 0.191 e. The Morgan fingerprint density at radius 3 is 2.36 bits per heavy atom. The van der Waals surface area contributed by atoms with Crippen LogP contribution in [0.2, 0.25) is 0 Å². The molecular formula is C7H20AlO2P. The van der Waals surface area contributed by atoms with Gasteiger partial charge in [-0.1, -0.05) is 20.3 Å². The molecule has 0 aliphatic heterocycles. The second-order valence-corrected chi connectivity index (χ2v) is 3.86. The van der Waals surface area contributed by atoms with E-state index in [0.717, 1.165) is 25.4 Å². The van der Waals surface area contributed by atoms with Gasteiger partial charge in [-0.15, -0.1) is 0 Å². The van der Waals surface area contributed by atoms with Gasteiger partial charge in [0.25, 0.3) is 0 Å². The van der Waals surface area contributed by atoms with Crippen LogP contribution in [0.25, 0.3) is 0 Å². The standard InChI is InChI=1S/C7H17O2P.Al.3H/c1-3-5-6-9-10(8)7-4-2;;;;/h10H,3-7H2,1-2H3;;;;. The van der Waals surface area contributed by atoms with Gasteiger partial charge in [0.15, 0.2) is 25.4 Å². The molecule has 11 heavy (non-hydrogen) atoms. The van der Waals surface area contributed by atoms with Crippen molar-refractivity contribution in [3.63, 3.8) is 0 Å². The van der Waals surface area contributed by atoms with Gasteiger partial charge in [0.1, 0.15) is 0 Å². The Kier molecular flexibility index (Phi) is 13.9. The fourth-order valence-corrected chi connectivity index (χ4v) is 1.53. The molecule has 0 fully saturated rings. The molecule has 0 N–H and O–H groups in total. The molecule has 0 saturated heterocycles. The lowest BCUT2D eigenvalue weighted by Gasteiger charge is -2.00. The summed E-state index contributed by atoms with van der Waals surface area (Å²) >= 11 is 0. The van der Waals surface area contributed by atoms with Crippen LogP contribution in [0.3, 0.4) is 0 Å². The summed E-state index contributed by atoms with van der Waals surface area (Å²) in [7, 11) is -1.66. The molecule has 0 radical (unpaired) electrons. The van der Waals surface area contributed by atoms with Gasteiger partial charge in [0, 0.05) is 6.16 Å². The lowest BCUT2D eigenvalue weighted by molar-refractivity contribution is 0.321. The maximum atomic E-state index is 10.9. The number of unbranched alkanes of at least 4 members (excludes halogenated alkanes) is 1. The summed E-state index contributed by atoms with van der Waals surface area (Å²) in [6.45, 7) is 4.79. The van der Waals surface area contributed by atoms with Crippen LogP contribution in [-0.2, 0) is 9.09 Å². The van der Waals surface area contributed by atoms with E-state index in [1.165, 1.54) is 0 Å². The smallest absolute Gasteiger partial charge is 0.191 e. The predicted molar refractivity (Wildman–Crippen MR) is 55.0 cm³/mol. The van der Waals surface area contributed by atoms with Crippen LogP contribution in [0, 0.1) is 0 Å². The molecule has 0 aromatic heterocycles. The van der Waals surface area contributed by atoms with Crippen molar-refractivity contribution in [1.29, 1.82) is 0 Å². The molecule has 0 aliphatic rings. The van der Waals surface area contributed by atoms with Crippen LogP contribution < -0.4 is 0 Å². The third-order valence-corrected chi connectivity index (χ3v) is 2.65. The molecule has 4 heteroatoms. The third kappa shape index (κ3) is 10.7. The first-order chi connectivity index (χ1) is 4.81. The second-order valence-electron chi connectivity index (χ2n) is 2.32. The van der Waals surface area contributed by atoms with E-state index in [1.807, 2.05) is 6.92 Å². The van der Waals surface area contributed by atoms with E-state index in [1.54, 1.807) is 0 Å². The molecule has 1 unspecified atom stereocenters. The monoisotopic (exact) mass is 194 g/mol. The van der Waals surface area contributed by atoms with Crippen LogP contribution in [-0.4, -0.2) is 30.1 Å². The Bertz CT molecular complexity index is 98.4. The predicted octanol–water partition coefficient (Wildman–Crippen LogP) is 1.50. The molecule has 0 aliphatic carbocycles. The first-order valence-electron chi connectivity index (χ1n) is 3.96. The number of hydrogen-bond acceptors (Lipinski definition) is 2. The fourth-order valence-electron chi connectivity index (χ4n) is 0.607. The highest BCUT2D eigenvalue weighted by atomic mass is 31.1. The fraction of sp³-hybridized carbons (Fsp3) is 1.00. The van der Waals surface area contributed by atoms with Crippen molar-refractivity contribution in [1.82, 2.24) is 0 Å². The maximum absolute atomic E-state index is 10.9. The quantitative estimate of drug-likeness (QED) is 0.364. The van der Waals surface area contributed by atoms with Crippen molar-refractivity contribution in [2.75, 3.05) is 12.8 Å². The molecule has 0 spiro atoms. The summed E-state index contributed by atoms with van der Waals surface area (Å²) in [6, 6.07) is 0. The van der Waals surface area contributed by atoms with Gasteiger partial charge in [0.2, 0.25) is 0 Å². The highest BCUT2D eigenvalue weighted by molar-refractivity contribution is 7.39. The summed E-state index contributed by atoms with van der Waals surface area (Å²) < 4.78 is 15.9. The highest BCUT2D eigenvalue weighted by Gasteiger charge is 1.95. The van der Waals surface area contributed by atoms with Crippen LogP contribution in [0.1, 0.15) is 33.1 Å². The molecule has 2 nitrogen and oxygen atoms in total. The van der Waals surface area contributed by atoms with Gasteiger partial charge < -0.3 is 4.52 Å². The molecular weight excluding hydrogens is 174 g/mol. The Morgan fingerprint density at radius 1 is 1.27 bits per heavy atom. The average Bonchev–Trinajstić information content (AvgIpc) is 1.89. The number of hydrogen-bond donors (Lipinski definition) is 0. The second kappa shape index (κ2) is 10.7. The van der Waals surface area contributed by atoms with E-state index in [2.05, 4.69) is 6.92 Å². The highest BCUT2D eigenvalue weighted by Crippen LogP contribution is 2.22.